The van der Waals surface area contributed by atoms with Gasteiger partial charge >= 0.3 is 23.5 Å². The van der Waals surface area contributed by atoms with Crippen molar-refractivity contribution in [2.75, 3.05) is 25.0 Å². The molecule has 40 heavy (non-hydrogen) atoms. The molecule has 2 aromatic heterocycles. The molecule has 0 amide bonds. The van der Waals surface area contributed by atoms with Gasteiger partial charge in [0.05, 0.1) is 12.9 Å². The lowest BCUT2D eigenvalue weighted by molar-refractivity contribution is -0.0503. The van der Waals surface area contributed by atoms with Gasteiger partial charge in [-0.2, -0.15) is 8.62 Å². The van der Waals surface area contributed by atoms with E-state index in [4.69, 9.17) is 38.2 Å². The van der Waals surface area contributed by atoms with Crippen molar-refractivity contribution in [2.45, 2.75) is 37.4 Å². The molecule has 0 aliphatic carbocycles. The Balaban J connectivity index is 1.68. The van der Waals surface area contributed by atoms with Crippen LogP contribution in [0.15, 0.2) is 11.3 Å². The number of aromatic amines is 1. The first-order valence-electron chi connectivity index (χ1n) is 11.0. The van der Waals surface area contributed by atoms with Gasteiger partial charge in [0.25, 0.3) is 0 Å². The first-order valence-corrected chi connectivity index (χ1v) is 16.0. The third-order valence-electron chi connectivity index (χ3n) is 5.05. The van der Waals surface area contributed by atoms with Gasteiger partial charge in [-0.05, 0) is 12.8 Å². The molecule has 12 N–H and O–H groups in total. The Hall–Kier alpha value is -1.87. The first kappa shape index (κ1) is 32.6. The van der Waals surface area contributed by atoms with Crippen molar-refractivity contribution in [3.63, 3.8) is 0 Å². The van der Waals surface area contributed by atoms with E-state index in [1.165, 1.54) is 10.9 Å². The van der Waals surface area contributed by atoms with Crippen LogP contribution in [-0.4, -0.2) is 93.3 Å². The highest BCUT2D eigenvalue weighted by molar-refractivity contribution is 7.71. The van der Waals surface area contributed by atoms with Crippen LogP contribution in [0, 0.1) is 4.64 Å². The molecule has 1 saturated heterocycles. The van der Waals surface area contributed by atoms with Crippen LogP contribution in [0.4, 0.5) is 5.95 Å². The standard InChI is InChI=1S/C15H27N8O13P3S/c16-14(17)18-3-1-2-4-19-15-21-11-8(12(40)22-15)20-6-23(11)13-10(25)9(24)7(34-13)5-33-38(29,30)36-39(31,32)35-37(26,27)28/h6-7,9-10,13,24-25H,1-5H2,(H,29,30)(H,31,32)(H4,16,17,18)(H2,26,27,28)(H2,19,21,22,40)/t7-,9?,10?,13-/m1/s1. The van der Waals surface area contributed by atoms with Crippen LogP contribution in [0.2, 0.25) is 0 Å². The summed E-state index contributed by atoms with van der Waals surface area (Å²) in [6.45, 7) is -0.0567. The molecule has 0 aromatic carbocycles. The number of guanidine groups is 1. The van der Waals surface area contributed by atoms with Crippen LogP contribution in [0.1, 0.15) is 19.1 Å². The number of imidazole rings is 1. The van der Waals surface area contributed by atoms with E-state index in [1.54, 1.807) is 0 Å². The summed E-state index contributed by atoms with van der Waals surface area (Å²) in [5, 5.41) is 24.0. The number of ether oxygens (including phenoxy) is 1. The highest BCUT2D eigenvalue weighted by Gasteiger charge is 2.47. The summed E-state index contributed by atoms with van der Waals surface area (Å²) in [6, 6.07) is 0. The smallest absolute Gasteiger partial charge is 0.387 e. The zero-order valence-electron chi connectivity index (χ0n) is 20.2. The maximum absolute atomic E-state index is 12.0. The molecule has 3 rings (SSSR count). The lowest BCUT2D eigenvalue weighted by Gasteiger charge is -2.19. The Morgan fingerprint density at radius 2 is 1.85 bits per heavy atom. The number of hydrogen-bond acceptors (Lipinski definition) is 14. The molecule has 25 heteroatoms. The Morgan fingerprint density at radius 3 is 2.50 bits per heavy atom. The van der Waals surface area contributed by atoms with E-state index in [0.29, 0.717) is 25.9 Å². The maximum atomic E-state index is 12.0. The highest BCUT2D eigenvalue weighted by Crippen LogP contribution is 2.66. The minimum atomic E-state index is -5.74. The number of H-pyrrole nitrogens is 1. The molecule has 1 aliphatic heterocycles. The largest absolute Gasteiger partial charge is 0.490 e. The van der Waals surface area contributed by atoms with E-state index in [9.17, 15) is 33.7 Å². The maximum Gasteiger partial charge on any atom is 0.490 e. The minimum absolute atomic E-state index is 0.00452. The fourth-order valence-corrected chi connectivity index (χ4v) is 6.70. The van der Waals surface area contributed by atoms with Gasteiger partial charge in [-0.25, -0.2) is 23.7 Å². The average molecular weight is 652 g/mol. The Kier molecular flexibility index (Phi) is 10.6. The number of aromatic nitrogens is 4. The summed E-state index contributed by atoms with van der Waals surface area (Å²) in [5.41, 5.74) is 11.0. The lowest BCUT2D eigenvalue weighted by atomic mass is 10.1. The number of aliphatic hydroxyl groups excluding tert-OH is 2. The zero-order chi connectivity index (χ0) is 29.9. The quantitative estimate of drug-likeness (QED) is 0.0381. The number of nitrogens with one attached hydrogen (secondary N) is 2. The molecule has 3 heterocycles. The average Bonchev–Trinajstić information content (AvgIpc) is 3.33. The van der Waals surface area contributed by atoms with Crippen molar-refractivity contribution in [1.82, 2.24) is 19.5 Å². The van der Waals surface area contributed by atoms with Crippen molar-refractivity contribution in [3.8, 4) is 0 Å². The summed E-state index contributed by atoms with van der Waals surface area (Å²) in [6.07, 6.45) is -3.54. The molecular formula is C15H27N8O13P3S. The van der Waals surface area contributed by atoms with Gasteiger partial charge in [0.15, 0.2) is 16.8 Å². The van der Waals surface area contributed by atoms with Crippen LogP contribution >= 0.6 is 35.7 Å². The normalized spacial score (nSPS) is 24.4. The number of aliphatic imine (C=N–C) groups is 1. The van der Waals surface area contributed by atoms with Crippen LogP contribution in [0.5, 0.6) is 0 Å². The minimum Gasteiger partial charge on any atom is -0.387 e. The number of rotatable bonds is 14. The number of aliphatic hydroxyl groups is 2. The summed E-state index contributed by atoms with van der Waals surface area (Å²) >= 11 is 5.27. The molecule has 0 radical (unpaired) electrons. The van der Waals surface area contributed by atoms with Crippen molar-refractivity contribution in [1.29, 1.82) is 0 Å². The molecular weight excluding hydrogens is 625 g/mol. The third-order valence-corrected chi connectivity index (χ3v) is 9.13. The molecule has 6 atom stereocenters. The molecule has 0 bridgehead atoms. The van der Waals surface area contributed by atoms with Crippen LogP contribution in [0.3, 0.4) is 0 Å². The topological polar surface area (TPSA) is 332 Å². The number of anilines is 1. The number of nitrogens with two attached hydrogens (primary N) is 2. The number of phosphoric ester groups is 1. The predicted molar refractivity (Wildman–Crippen MR) is 137 cm³/mol. The Bertz CT molecular complexity index is 1430. The van der Waals surface area contributed by atoms with E-state index in [2.05, 4.69) is 38.4 Å². The number of hydrogen-bond donors (Lipinski definition) is 10. The second-order valence-corrected chi connectivity index (χ2v) is 12.9. The molecule has 4 unspecified atom stereocenters. The van der Waals surface area contributed by atoms with E-state index < -0.39 is 54.6 Å². The SMILES string of the molecule is NC(N)=NCCCCNc1nc(=S)c2ncn([C@@H]3O[C@H](COP(=O)(O)OP(=O)(O)OP(=O)(O)O)C(O)C3O)c2[nH]1. The van der Waals surface area contributed by atoms with Crippen molar-refractivity contribution < 1.29 is 61.4 Å². The summed E-state index contributed by atoms with van der Waals surface area (Å²) in [7, 11) is -16.8. The second-order valence-electron chi connectivity index (χ2n) is 8.11. The first-order chi connectivity index (χ1) is 18.5. The molecule has 0 spiro atoms. The van der Waals surface area contributed by atoms with Crippen LogP contribution in [-0.2, 0) is 31.6 Å². The van der Waals surface area contributed by atoms with Crippen molar-refractivity contribution in [2.24, 2.45) is 16.5 Å². The van der Waals surface area contributed by atoms with Crippen LogP contribution in [0.25, 0.3) is 11.2 Å². The Labute approximate surface area is 229 Å². The zero-order valence-corrected chi connectivity index (χ0v) is 23.7. The van der Waals surface area contributed by atoms with E-state index in [1.807, 2.05) is 0 Å². The summed E-state index contributed by atoms with van der Waals surface area (Å²) in [4.78, 5) is 51.2. The van der Waals surface area contributed by atoms with Crippen LogP contribution < -0.4 is 16.8 Å². The molecule has 1 aliphatic rings. The van der Waals surface area contributed by atoms with E-state index in [-0.39, 0.29) is 27.7 Å². The summed E-state index contributed by atoms with van der Waals surface area (Å²) in [5.74, 6) is 0.258. The number of nitrogens with zero attached hydrogens (tertiary/aromatic N) is 4. The van der Waals surface area contributed by atoms with Gasteiger partial charge in [0.1, 0.15) is 29.5 Å². The predicted octanol–water partition coefficient (Wildman–Crippen LogP) is -1.08. The molecule has 226 valence electrons. The van der Waals surface area contributed by atoms with Gasteiger partial charge < -0.3 is 56.3 Å². The molecule has 0 saturated carbocycles. The number of phosphoric acid groups is 3. The molecule has 21 nitrogen and oxygen atoms in total. The lowest BCUT2D eigenvalue weighted by Crippen LogP contribution is -2.33. The van der Waals surface area contributed by atoms with Gasteiger partial charge in [0.2, 0.25) is 5.95 Å². The monoisotopic (exact) mass is 652 g/mol. The third kappa shape index (κ3) is 9.07. The fraction of sp³-hybridized carbons (Fsp3) is 0.600. The molecule has 1 fully saturated rings. The molecule has 2 aromatic rings. The van der Waals surface area contributed by atoms with Gasteiger partial charge in [-0.1, -0.05) is 12.2 Å². The van der Waals surface area contributed by atoms with Crippen molar-refractivity contribution >= 4 is 58.8 Å². The van der Waals surface area contributed by atoms with Gasteiger partial charge in [-0.15, -0.1) is 0 Å². The fourth-order valence-electron chi connectivity index (χ4n) is 3.43. The van der Waals surface area contributed by atoms with E-state index >= 15 is 0 Å². The number of fused-ring (bicyclic) bond motifs is 1. The van der Waals surface area contributed by atoms with E-state index in [0.717, 1.165) is 0 Å². The highest BCUT2D eigenvalue weighted by atomic mass is 32.1. The Morgan fingerprint density at radius 1 is 1.15 bits per heavy atom. The second kappa shape index (κ2) is 13.0. The summed E-state index contributed by atoms with van der Waals surface area (Å²) < 4.78 is 52.9. The van der Waals surface area contributed by atoms with Gasteiger partial charge in [-0.3, -0.25) is 14.1 Å². The number of unbranched alkanes of at least 4 members (excludes halogenated alkanes) is 1. The van der Waals surface area contributed by atoms with Gasteiger partial charge in [0, 0.05) is 13.1 Å². The van der Waals surface area contributed by atoms with Crippen molar-refractivity contribution in [3.05, 3.63) is 11.0 Å².